The van der Waals surface area contributed by atoms with Gasteiger partial charge >= 0.3 is 0 Å². The van der Waals surface area contributed by atoms with E-state index in [1.165, 1.54) is 4.90 Å². The van der Waals surface area contributed by atoms with Crippen molar-refractivity contribution < 1.29 is 19.4 Å². The van der Waals surface area contributed by atoms with Crippen LogP contribution in [0.1, 0.15) is 33.9 Å². The maximum atomic E-state index is 13.3. The molecule has 5 rings (SSSR count). The Labute approximate surface area is 236 Å². The van der Waals surface area contributed by atoms with Gasteiger partial charge in [0.25, 0.3) is 11.7 Å². The van der Waals surface area contributed by atoms with E-state index in [-0.39, 0.29) is 22.9 Å². The number of ketones is 1. The summed E-state index contributed by atoms with van der Waals surface area (Å²) in [7, 11) is 0. The van der Waals surface area contributed by atoms with Crippen molar-refractivity contribution in [1.82, 2.24) is 9.88 Å². The first kappa shape index (κ1) is 26.5. The van der Waals surface area contributed by atoms with Crippen LogP contribution < -0.4 is 4.74 Å². The van der Waals surface area contributed by atoms with Crippen LogP contribution in [0.3, 0.4) is 0 Å². The zero-order valence-electron chi connectivity index (χ0n) is 21.0. The number of pyridine rings is 1. The smallest absolute Gasteiger partial charge is 0.295 e. The van der Waals surface area contributed by atoms with Gasteiger partial charge in [0.1, 0.15) is 18.1 Å². The van der Waals surface area contributed by atoms with Crippen LogP contribution >= 0.6 is 23.2 Å². The van der Waals surface area contributed by atoms with E-state index in [9.17, 15) is 14.7 Å². The molecule has 0 bridgehead atoms. The van der Waals surface area contributed by atoms with Gasteiger partial charge in [-0.05, 0) is 77.7 Å². The van der Waals surface area contributed by atoms with Crippen LogP contribution in [0.25, 0.3) is 5.76 Å². The number of hydrogen-bond acceptors (Lipinski definition) is 5. The van der Waals surface area contributed by atoms with Gasteiger partial charge in [0, 0.05) is 24.5 Å². The van der Waals surface area contributed by atoms with Crippen LogP contribution in [0.2, 0.25) is 10.0 Å². The first-order valence-corrected chi connectivity index (χ1v) is 13.0. The van der Waals surface area contributed by atoms with E-state index in [0.29, 0.717) is 28.5 Å². The number of hydrogen-bond donors (Lipinski definition) is 1. The first-order chi connectivity index (χ1) is 18.8. The molecule has 0 spiro atoms. The second-order valence-corrected chi connectivity index (χ2v) is 10.0. The molecule has 1 aromatic heterocycles. The predicted octanol–water partition coefficient (Wildman–Crippen LogP) is 6.90. The van der Waals surface area contributed by atoms with Gasteiger partial charge in [0.2, 0.25) is 0 Å². The molecule has 0 aliphatic carbocycles. The molecule has 1 fully saturated rings. The lowest BCUT2D eigenvalue weighted by molar-refractivity contribution is -0.140. The number of aromatic nitrogens is 1. The zero-order valence-corrected chi connectivity index (χ0v) is 22.5. The molecular weight excluding hydrogens is 535 g/mol. The normalized spacial score (nSPS) is 16.5. The van der Waals surface area contributed by atoms with Gasteiger partial charge in [0.15, 0.2) is 0 Å². The van der Waals surface area contributed by atoms with E-state index in [4.69, 9.17) is 27.9 Å². The lowest BCUT2D eigenvalue weighted by Crippen LogP contribution is -2.29. The fraction of sp³-hybridized carbons (Fsp3) is 0.129. The molecule has 0 radical (unpaired) electrons. The highest BCUT2D eigenvalue weighted by Gasteiger charge is 2.46. The van der Waals surface area contributed by atoms with Crippen LogP contribution in [-0.4, -0.2) is 26.7 Å². The van der Waals surface area contributed by atoms with Crippen molar-refractivity contribution in [2.24, 2.45) is 0 Å². The standard InChI is InChI=1S/C31H24Cl2N2O4/c1-19-4-2-3-5-23(19)18-39-24-9-6-21(7-10-24)29(36)27-28(22-8-11-25(32)26(33)16-22)35(31(38)30(27)37)17-20-12-14-34-15-13-20/h2-16,28,36H,17-18H2,1H3/b29-27+. The molecule has 1 unspecified atom stereocenters. The number of benzene rings is 3. The van der Waals surface area contributed by atoms with Crippen LogP contribution in [-0.2, 0) is 22.7 Å². The Hall–Kier alpha value is -4.13. The fourth-order valence-electron chi connectivity index (χ4n) is 4.55. The van der Waals surface area contributed by atoms with Crippen molar-refractivity contribution in [3.63, 3.8) is 0 Å². The average Bonchev–Trinajstić information content (AvgIpc) is 3.19. The highest BCUT2D eigenvalue weighted by Crippen LogP contribution is 2.41. The van der Waals surface area contributed by atoms with Crippen LogP contribution in [0, 0.1) is 6.92 Å². The van der Waals surface area contributed by atoms with Gasteiger partial charge in [-0.15, -0.1) is 0 Å². The summed E-state index contributed by atoms with van der Waals surface area (Å²) in [6.07, 6.45) is 3.23. The van der Waals surface area contributed by atoms with Crippen LogP contribution in [0.15, 0.2) is 96.8 Å². The molecule has 3 aromatic carbocycles. The molecule has 6 nitrogen and oxygen atoms in total. The number of ether oxygens (including phenoxy) is 1. The number of amides is 1. The number of carbonyl (C=O) groups excluding carboxylic acids is 2. The van der Waals surface area contributed by atoms with Crippen molar-refractivity contribution in [2.45, 2.75) is 26.1 Å². The number of nitrogens with zero attached hydrogens (tertiary/aromatic N) is 2. The maximum Gasteiger partial charge on any atom is 0.295 e. The van der Waals surface area contributed by atoms with E-state index in [1.54, 1.807) is 67.0 Å². The number of rotatable bonds is 7. The summed E-state index contributed by atoms with van der Waals surface area (Å²) in [4.78, 5) is 32.0. The third-order valence-electron chi connectivity index (χ3n) is 6.68. The van der Waals surface area contributed by atoms with Gasteiger partial charge in [-0.3, -0.25) is 14.6 Å². The summed E-state index contributed by atoms with van der Waals surface area (Å²) in [6.45, 7) is 2.56. The summed E-state index contributed by atoms with van der Waals surface area (Å²) in [6, 6.07) is 22.3. The minimum Gasteiger partial charge on any atom is -0.507 e. The molecule has 8 heteroatoms. The van der Waals surface area contributed by atoms with Crippen LogP contribution in [0.4, 0.5) is 0 Å². The summed E-state index contributed by atoms with van der Waals surface area (Å²) in [5.41, 5.74) is 3.89. The molecule has 1 N–H and O–H groups in total. The zero-order chi connectivity index (χ0) is 27.5. The Morgan fingerprint density at radius 3 is 2.36 bits per heavy atom. The lowest BCUT2D eigenvalue weighted by Gasteiger charge is -2.25. The number of aliphatic hydroxyl groups excluding tert-OH is 1. The average molecular weight is 559 g/mol. The second kappa shape index (κ2) is 11.3. The van der Waals surface area contributed by atoms with E-state index >= 15 is 0 Å². The monoisotopic (exact) mass is 558 g/mol. The Morgan fingerprint density at radius 1 is 0.949 bits per heavy atom. The molecule has 4 aromatic rings. The molecule has 1 amide bonds. The Balaban J connectivity index is 1.49. The number of aryl methyl sites for hydroxylation is 1. The van der Waals surface area contributed by atoms with Crippen LogP contribution in [0.5, 0.6) is 5.75 Å². The SMILES string of the molecule is Cc1ccccc1COc1ccc(/C(O)=C2\C(=O)C(=O)N(Cc3ccncc3)C2c2ccc(Cl)c(Cl)c2)cc1. The summed E-state index contributed by atoms with van der Waals surface area (Å²) >= 11 is 12.4. The van der Waals surface area contributed by atoms with Crippen molar-refractivity contribution in [3.05, 3.63) is 135 Å². The molecular formula is C31H24Cl2N2O4. The fourth-order valence-corrected chi connectivity index (χ4v) is 4.86. The second-order valence-electron chi connectivity index (χ2n) is 9.20. The van der Waals surface area contributed by atoms with Gasteiger partial charge in [-0.1, -0.05) is 53.5 Å². The van der Waals surface area contributed by atoms with E-state index < -0.39 is 17.7 Å². The van der Waals surface area contributed by atoms with E-state index in [2.05, 4.69) is 4.98 Å². The summed E-state index contributed by atoms with van der Waals surface area (Å²) in [5.74, 6) is -1.18. The van der Waals surface area contributed by atoms with Gasteiger partial charge in [-0.25, -0.2) is 0 Å². The van der Waals surface area contributed by atoms with Gasteiger partial charge in [0.05, 0.1) is 21.7 Å². The Bertz CT molecular complexity index is 1570. The number of carbonyl (C=O) groups is 2. The molecule has 1 saturated heterocycles. The Morgan fingerprint density at radius 2 is 1.67 bits per heavy atom. The topological polar surface area (TPSA) is 79.7 Å². The van der Waals surface area contributed by atoms with Crippen molar-refractivity contribution in [3.8, 4) is 5.75 Å². The van der Waals surface area contributed by atoms with E-state index in [0.717, 1.165) is 16.7 Å². The number of halogens is 2. The molecule has 0 saturated carbocycles. The first-order valence-electron chi connectivity index (χ1n) is 12.2. The number of likely N-dealkylation sites (tertiary alicyclic amines) is 1. The Kier molecular flexibility index (Phi) is 7.68. The van der Waals surface area contributed by atoms with Gasteiger partial charge in [-0.2, -0.15) is 0 Å². The summed E-state index contributed by atoms with van der Waals surface area (Å²) in [5, 5.41) is 12.0. The molecule has 1 atom stereocenters. The van der Waals surface area contributed by atoms with Crippen molar-refractivity contribution in [1.29, 1.82) is 0 Å². The lowest BCUT2D eigenvalue weighted by atomic mass is 9.95. The quantitative estimate of drug-likeness (QED) is 0.151. The highest BCUT2D eigenvalue weighted by molar-refractivity contribution is 6.46. The number of aliphatic hydroxyl groups is 1. The van der Waals surface area contributed by atoms with Crippen molar-refractivity contribution >= 4 is 40.7 Å². The predicted molar refractivity (Wildman–Crippen MR) is 150 cm³/mol. The molecule has 39 heavy (non-hydrogen) atoms. The molecule has 1 aliphatic heterocycles. The molecule has 2 heterocycles. The highest BCUT2D eigenvalue weighted by atomic mass is 35.5. The minimum atomic E-state index is -0.870. The maximum absolute atomic E-state index is 13.3. The third kappa shape index (κ3) is 5.53. The molecule has 1 aliphatic rings. The van der Waals surface area contributed by atoms with Gasteiger partial charge < -0.3 is 14.7 Å². The number of Topliss-reactive ketones (excluding diaryl/α,β-unsaturated/α-hetero) is 1. The minimum absolute atomic E-state index is 0.0268. The van der Waals surface area contributed by atoms with E-state index in [1.807, 2.05) is 31.2 Å². The molecule has 196 valence electrons. The summed E-state index contributed by atoms with van der Waals surface area (Å²) < 4.78 is 5.91. The van der Waals surface area contributed by atoms with Crippen molar-refractivity contribution in [2.75, 3.05) is 0 Å². The third-order valence-corrected chi connectivity index (χ3v) is 7.42. The largest absolute Gasteiger partial charge is 0.507 e.